The van der Waals surface area contributed by atoms with E-state index in [-0.39, 0.29) is 29.9 Å². The molecule has 4 heterocycles. The highest BCUT2D eigenvalue weighted by molar-refractivity contribution is 5.89. The van der Waals surface area contributed by atoms with Crippen molar-refractivity contribution in [3.8, 4) is 5.88 Å². The van der Waals surface area contributed by atoms with Gasteiger partial charge >= 0.3 is 0 Å². The standard InChI is InChI=1S/C19H26N4O4/c24-18-10-14(12-23(18)15-3-8-26-9-4-15)19(25)22-7-1-2-16(13-22)27-17-11-20-5-6-21-17/h5-6,11,14-16H,1-4,7-10,12-13H2/t14-,16-/m1/s1. The van der Waals surface area contributed by atoms with Gasteiger partial charge in [0.05, 0.1) is 18.7 Å². The minimum Gasteiger partial charge on any atom is -0.471 e. The van der Waals surface area contributed by atoms with Gasteiger partial charge in [-0.2, -0.15) is 0 Å². The third kappa shape index (κ3) is 4.21. The Balaban J connectivity index is 1.34. The Labute approximate surface area is 158 Å². The summed E-state index contributed by atoms with van der Waals surface area (Å²) in [6, 6.07) is 0.221. The number of amides is 2. The van der Waals surface area contributed by atoms with Gasteiger partial charge in [0.15, 0.2) is 0 Å². The second-order valence-corrected chi connectivity index (χ2v) is 7.50. The molecule has 0 unspecified atom stereocenters. The van der Waals surface area contributed by atoms with Crippen molar-refractivity contribution in [1.82, 2.24) is 19.8 Å². The van der Waals surface area contributed by atoms with Gasteiger partial charge in [0.25, 0.3) is 0 Å². The molecule has 1 aromatic rings. The molecule has 27 heavy (non-hydrogen) atoms. The molecule has 3 fully saturated rings. The van der Waals surface area contributed by atoms with E-state index in [0.29, 0.717) is 38.6 Å². The Morgan fingerprint density at radius 3 is 2.81 bits per heavy atom. The number of carbonyl (C=O) groups is 2. The summed E-state index contributed by atoms with van der Waals surface area (Å²) in [4.78, 5) is 37.4. The van der Waals surface area contributed by atoms with Gasteiger partial charge < -0.3 is 19.3 Å². The molecule has 0 bridgehead atoms. The maximum absolute atomic E-state index is 13.0. The average molecular weight is 374 g/mol. The van der Waals surface area contributed by atoms with Crippen molar-refractivity contribution < 1.29 is 19.1 Å². The lowest BCUT2D eigenvalue weighted by molar-refractivity contribution is -0.138. The maximum Gasteiger partial charge on any atom is 0.232 e. The summed E-state index contributed by atoms with van der Waals surface area (Å²) >= 11 is 0. The number of carbonyl (C=O) groups excluding carboxylic acids is 2. The molecule has 146 valence electrons. The molecule has 3 aliphatic heterocycles. The van der Waals surface area contributed by atoms with Gasteiger partial charge in [0.1, 0.15) is 6.10 Å². The van der Waals surface area contributed by atoms with E-state index in [4.69, 9.17) is 9.47 Å². The second kappa shape index (κ2) is 8.21. The third-order valence-corrected chi connectivity index (χ3v) is 5.66. The minimum atomic E-state index is -0.240. The summed E-state index contributed by atoms with van der Waals surface area (Å²) in [5, 5.41) is 0. The monoisotopic (exact) mass is 374 g/mol. The fourth-order valence-corrected chi connectivity index (χ4v) is 4.26. The molecule has 2 atom stereocenters. The van der Waals surface area contributed by atoms with E-state index >= 15 is 0 Å². The first-order valence-corrected chi connectivity index (χ1v) is 9.79. The molecular formula is C19H26N4O4. The average Bonchev–Trinajstić information content (AvgIpc) is 3.11. The summed E-state index contributed by atoms with van der Waals surface area (Å²) in [5.74, 6) is 0.420. The van der Waals surface area contributed by atoms with Crippen molar-refractivity contribution in [1.29, 1.82) is 0 Å². The summed E-state index contributed by atoms with van der Waals surface area (Å²) in [5.41, 5.74) is 0. The van der Waals surface area contributed by atoms with Crippen LogP contribution in [0.25, 0.3) is 0 Å². The fraction of sp³-hybridized carbons (Fsp3) is 0.684. The molecule has 3 aliphatic rings. The van der Waals surface area contributed by atoms with Crippen LogP contribution in [0.5, 0.6) is 5.88 Å². The second-order valence-electron chi connectivity index (χ2n) is 7.50. The van der Waals surface area contributed by atoms with Crippen LogP contribution in [0.4, 0.5) is 0 Å². The normalized spacial score (nSPS) is 27.0. The molecule has 8 heteroatoms. The molecule has 0 aliphatic carbocycles. The number of ether oxygens (including phenoxy) is 2. The lowest BCUT2D eigenvalue weighted by atomic mass is 10.0. The summed E-state index contributed by atoms with van der Waals surface area (Å²) in [6.45, 7) is 3.19. The molecular weight excluding hydrogens is 348 g/mol. The van der Waals surface area contributed by atoms with Gasteiger partial charge in [-0.05, 0) is 25.7 Å². The van der Waals surface area contributed by atoms with Gasteiger partial charge in [-0.25, -0.2) is 4.98 Å². The SMILES string of the molecule is O=C([C@@H]1CC(=O)N(C2CCOCC2)C1)N1CCC[C@@H](Oc2cnccn2)C1. The Morgan fingerprint density at radius 1 is 1.19 bits per heavy atom. The number of aromatic nitrogens is 2. The smallest absolute Gasteiger partial charge is 0.232 e. The molecule has 0 spiro atoms. The Bertz CT molecular complexity index is 665. The van der Waals surface area contributed by atoms with E-state index in [1.807, 2.05) is 9.80 Å². The molecule has 0 saturated carbocycles. The van der Waals surface area contributed by atoms with Crippen molar-refractivity contribution >= 4 is 11.8 Å². The number of piperidine rings is 1. The molecule has 4 rings (SSSR count). The van der Waals surface area contributed by atoms with Gasteiger partial charge in [-0.15, -0.1) is 0 Å². The number of likely N-dealkylation sites (tertiary alicyclic amines) is 2. The van der Waals surface area contributed by atoms with Crippen LogP contribution in [0.1, 0.15) is 32.1 Å². The summed E-state index contributed by atoms with van der Waals surface area (Å²) in [6.07, 6.45) is 8.53. The predicted octanol–water partition coefficient (Wildman–Crippen LogP) is 0.874. The van der Waals surface area contributed by atoms with Crippen molar-refractivity contribution in [2.24, 2.45) is 5.92 Å². The van der Waals surface area contributed by atoms with Gasteiger partial charge in [-0.1, -0.05) is 0 Å². The predicted molar refractivity (Wildman–Crippen MR) is 95.9 cm³/mol. The lowest BCUT2D eigenvalue weighted by Gasteiger charge is -2.34. The Hall–Kier alpha value is -2.22. The van der Waals surface area contributed by atoms with Gasteiger partial charge in [0, 0.05) is 51.2 Å². The fourth-order valence-electron chi connectivity index (χ4n) is 4.26. The number of hydrogen-bond donors (Lipinski definition) is 0. The molecule has 3 saturated heterocycles. The highest BCUT2D eigenvalue weighted by atomic mass is 16.5. The Morgan fingerprint density at radius 2 is 2.04 bits per heavy atom. The number of hydrogen-bond acceptors (Lipinski definition) is 6. The minimum absolute atomic E-state index is 0.0744. The van der Waals surface area contributed by atoms with Crippen LogP contribution in [0.3, 0.4) is 0 Å². The molecule has 0 radical (unpaired) electrons. The van der Waals surface area contributed by atoms with Crippen molar-refractivity contribution in [2.45, 2.75) is 44.2 Å². The highest BCUT2D eigenvalue weighted by Gasteiger charge is 2.40. The summed E-state index contributed by atoms with van der Waals surface area (Å²) in [7, 11) is 0. The molecule has 1 aromatic heterocycles. The van der Waals surface area contributed by atoms with Crippen molar-refractivity contribution in [3.63, 3.8) is 0 Å². The first-order valence-electron chi connectivity index (χ1n) is 9.79. The zero-order valence-corrected chi connectivity index (χ0v) is 15.5. The van der Waals surface area contributed by atoms with Gasteiger partial charge in [0.2, 0.25) is 17.7 Å². The van der Waals surface area contributed by atoms with Crippen molar-refractivity contribution in [2.75, 3.05) is 32.8 Å². The highest BCUT2D eigenvalue weighted by Crippen LogP contribution is 2.27. The van der Waals surface area contributed by atoms with E-state index < -0.39 is 0 Å². The van der Waals surface area contributed by atoms with Crippen LogP contribution in [0, 0.1) is 5.92 Å². The molecule has 0 aromatic carbocycles. The first kappa shape index (κ1) is 18.2. The largest absolute Gasteiger partial charge is 0.471 e. The number of nitrogens with zero attached hydrogens (tertiary/aromatic N) is 4. The lowest BCUT2D eigenvalue weighted by Crippen LogP contribution is -2.47. The van der Waals surface area contributed by atoms with Crippen LogP contribution in [-0.4, -0.2) is 76.6 Å². The van der Waals surface area contributed by atoms with Crippen molar-refractivity contribution in [3.05, 3.63) is 18.6 Å². The van der Waals surface area contributed by atoms with E-state index in [2.05, 4.69) is 9.97 Å². The zero-order chi connectivity index (χ0) is 18.6. The van der Waals surface area contributed by atoms with Crippen LogP contribution >= 0.6 is 0 Å². The number of rotatable bonds is 4. The van der Waals surface area contributed by atoms with E-state index in [9.17, 15) is 9.59 Å². The summed E-state index contributed by atoms with van der Waals surface area (Å²) < 4.78 is 11.3. The quantitative estimate of drug-likeness (QED) is 0.778. The van der Waals surface area contributed by atoms with Crippen LogP contribution in [0.15, 0.2) is 18.6 Å². The molecule has 2 amide bonds. The first-order chi connectivity index (χ1) is 13.2. The van der Waals surface area contributed by atoms with E-state index in [1.165, 1.54) is 0 Å². The molecule has 8 nitrogen and oxygen atoms in total. The van der Waals surface area contributed by atoms with Gasteiger partial charge in [-0.3, -0.25) is 14.6 Å². The van der Waals surface area contributed by atoms with Crippen LogP contribution < -0.4 is 4.74 Å². The third-order valence-electron chi connectivity index (χ3n) is 5.66. The topological polar surface area (TPSA) is 84.9 Å². The van der Waals surface area contributed by atoms with E-state index in [0.717, 1.165) is 32.2 Å². The maximum atomic E-state index is 13.0. The molecule has 0 N–H and O–H groups in total. The Kier molecular flexibility index (Phi) is 5.52. The zero-order valence-electron chi connectivity index (χ0n) is 15.5. The van der Waals surface area contributed by atoms with Crippen LogP contribution in [0.2, 0.25) is 0 Å². The van der Waals surface area contributed by atoms with Crippen LogP contribution in [-0.2, 0) is 14.3 Å². The van der Waals surface area contributed by atoms with E-state index in [1.54, 1.807) is 18.6 Å².